The van der Waals surface area contributed by atoms with E-state index in [-0.39, 0.29) is 12.5 Å². The molecule has 0 rings (SSSR count). The van der Waals surface area contributed by atoms with E-state index in [4.69, 9.17) is 5.11 Å². The first kappa shape index (κ1) is 11.4. The Hall–Kier alpha value is -0.610. The molecule has 0 spiro atoms. The number of carbonyl (C=O) groups is 1. The summed E-state index contributed by atoms with van der Waals surface area (Å²) in [5.41, 5.74) is 0. The van der Waals surface area contributed by atoms with Crippen molar-refractivity contribution in [2.24, 2.45) is 0 Å². The summed E-state index contributed by atoms with van der Waals surface area (Å²) in [6.07, 6.45) is 2.06. The molecular weight excluding hydrogens is 156 g/mol. The fraction of sp³-hybridized carbons (Fsp3) is 0.875. The van der Waals surface area contributed by atoms with E-state index < -0.39 is 0 Å². The Bertz CT molecular complexity index is 106. The zero-order chi connectivity index (χ0) is 9.23. The summed E-state index contributed by atoms with van der Waals surface area (Å²) in [4.78, 5) is 11.0. The maximum Gasteiger partial charge on any atom is 0.220 e. The average molecular weight is 174 g/mol. The molecule has 0 aromatic heterocycles. The van der Waals surface area contributed by atoms with Crippen LogP contribution in [0.2, 0.25) is 0 Å². The molecule has 0 aliphatic heterocycles. The van der Waals surface area contributed by atoms with Crippen molar-refractivity contribution in [3.05, 3.63) is 0 Å². The number of carbonyl (C=O) groups excluding carboxylic acids is 1. The van der Waals surface area contributed by atoms with Crippen LogP contribution in [-0.2, 0) is 4.79 Å². The molecule has 0 aliphatic rings. The Labute approximate surface area is 73.3 Å². The first-order valence-electron chi connectivity index (χ1n) is 4.33. The van der Waals surface area contributed by atoms with Crippen molar-refractivity contribution in [2.75, 3.05) is 26.7 Å². The largest absolute Gasteiger partial charge is 0.396 e. The lowest BCUT2D eigenvalue weighted by molar-refractivity contribution is -0.121. The van der Waals surface area contributed by atoms with Crippen molar-refractivity contribution in [3.63, 3.8) is 0 Å². The van der Waals surface area contributed by atoms with Crippen molar-refractivity contribution in [3.8, 4) is 0 Å². The van der Waals surface area contributed by atoms with Crippen molar-refractivity contribution in [2.45, 2.75) is 19.3 Å². The highest BCUT2D eigenvalue weighted by Crippen LogP contribution is 1.86. The second-order valence-electron chi connectivity index (χ2n) is 2.63. The molecule has 0 unspecified atom stereocenters. The summed E-state index contributed by atoms with van der Waals surface area (Å²) in [6, 6.07) is 0. The van der Waals surface area contributed by atoms with Crippen LogP contribution in [0.25, 0.3) is 0 Å². The zero-order valence-corrected chi connectivity index (χ0v) is 7.60. The van der Waals surface area contributed by atoms with Crippen molar-refractivity contribution in [1.29, 1.82) is 0 Å². The van der Waals surface area contributed by atoms with E-state index in [0.29, 0.717) is 19.4 Å². The second-order valence-corrected chi connectivity index (χ2v) is 2.63. The van der Waals surface area contributed by atoms with Crippen LogP contribution in [0.4, 0.5) is 0 Å². The number of aliphatic hydroxyl groups excluding tert-OH is 1. The van der Waals surface area contributed by atoms with Gasteiger partial charge in [0.2, 0.25) is 5.91 Å². The minimum Gasteiger partial charge on any atom is -0.396 e. The predicted molar refractivity (Wildman–Crippen MR) is 47.9 cm³/mol. The predicted octanol–water partition coefficient (Wildman–Crippen LogP) is -0.515. The molecule has 0 aliphatic carbocycles. The fourth-order valence-corrected chi connectivity index (χ4v) is 0.821. The minimum absolute atomic E-state index is 0.0682. The monoisotopic (exact) mass is 174 g/mol. The van der Waals surface area contributed by atoms with Crippen molar-refractivity contribution >= 4 is 5.91 Å². The van der Waals surface area contributed by atoms with Crippen LogP contribution >= 0.6 is 0 Å². The van der Waals surface area contributed by atoms with E-state index >= 15 is 0 Å². The molecule has 0 saturated carbocycles. The van der Waals surface area contributed by atoms with Gasteiger partial charge < -0.3 is 15.7 Å². The number of hydrogen-bond donors (Lipinski definition) is 3. The summed E-state index contributed by atoms with van der Waals surface area (Å²) in [5, 5.41) is 14.1. The Morgan fingerprint density at radius 1 is 1.33 bits per heavy atom. The number of nitrogens with one attached hydrogen (secondary N) is 2. The standard InChI is InChI=1S/C8H18N2O2/c1-9-5-2-4-8(12)10-6-3-7-11/h9,11H,2-7H2,1H3,(H,10,12). The second kappa shape index (κ2) is 8.49. The van der Waals surface area contributed by atoms with E-state index in [9.17, 15) is 4.79 Å². The molecule has 3 N–H and O–H groups in total. The molecule has 4 heteroatoms. The Balaban J connectivity index is 3.10. The van der Waals surface area contributed by atoms with Gasteiger partial charge in [0.25, 0.3) is 0 Å². The van der Waals surface area contributed by atoms with Crippen LogP contribution in [-0.4, -0.2) is 37.8 Å². The third kappa shape index (κ3) is 7.50. The quantitative estimate of drug-likeness (QED) is 0.455. The molecule has 0 aromatic rings. The molecule has 0 heterocycles. The van der Waals surface area contributed by atoms with Gasteiger partial charge in [0.1, 0.15) is 0 Å². The Morgan fingerprint density at radius 3 is 2.67 bits per heavy atom. The smallest absolute Gasteiger partial charge is 0.220 e. The summed E-state index contributed by atoms with van der Waals surface area (Å²) in [7, 11) is 1.86. The van der Waals surface area contributed by atoms with Gasteiger partial charge in [0, 0.05) is 19.6 Å². The summed E-state index contributed by atoms with van der Waals surface area (Å²) in [6.45, 7) is 1.58. The highest BCUT2D eigenvalue weighted by Gasteiger charge is 1.98. The first-order chi connectivity index (χ1) is 5.81. The molecule has 72 valence electrons. The lowest BCUT2D eigenvalue weighted by Gasteiger charge is -2.02. The molecule has 1 amide bonds. The number of rotatable bonds is 7. The molecule has 0 radical (unpaired) electrons. The molecular formula is C8H18N2O2. The average Bonchev–Trinajstić information content (AvgIpc) is 2.06. The SMILES string of the molecule is CNCCCC(=O)NCCCO. The minimum atomic E-state index is 0.0682. The van der Waals surface area contributed by atoms with Crippen LogP contribution < -0.4 is 10.6 Å². The van der Waals surface area contributed by atoms with E-state index in [1.54, 1.807) is 0 Å². The Kier molecular flexibility index (Phi) is 8.05. The van der Waals surface area contributed by atoms with Gasteiger partial charge in [-0.25, -0.2) is 0 Å². The van der Waals surface area contributed by atoms with Gasteiger partial charge in [-0.2, -0.15) is 0 Å². The van der Waals surface area contributed by atoms with E-state index in [1.807, 2.05) is 7.05 Å². The van der Waals surface area contributed by atoms with Crippen molar-refractivity contribution in [1.82, 2.24) is 10.6 Å². The van der Waals surface area contributed by atoms with E-state index in [1.165, 1.54) is 0 Å². The normalized spacial score (nSPS) is 9.83. The van der Waals surface area contributed by atoms with Gasteiger partial charge in [-0.15, -0.1) is 0 Å². The molecule has 0 aromatic carbocycles. The van der Waals surface area contributed by atoms with Gasteiger partial charge in [-0.05, 0) is 26.4 Å². The van der Waals surface area contributed by atoms with Crippen molar-refractivity contribution < 1.29 is 9.90 Å². The summed E-state index contributed by atoms with van der Waals surface area (Å²) in [5.74, 6) is 0.0682. The highest BCUT2D eigenvalue weighted by molar-refractivity contribution is 5.75. The van der Waals surface area contributed by atoms with Gasteiger partial charge in [0.15, 0.2) is 0 Å². The molecule has 0 fully saturated rings. The Morgan fingerprint density at radius 2 is 2.08 bits per heavy atom. The maximum atomic E-state index is 11.0. The van der Waals surface area contributed by atoms with Gasteiger partial charge in [0.05, 0.1) is 0 Å². The summed E-state index contributed by atoms with van der Waals surface area (Å²) < 4.78 is 0. The third-order valence-electron chi connectivity index (χ3n) is 1.49. The van der Waals surface area contributed by atoms with Crippen LogP contribution in [0.1, 0.15) is 19.3 Å². The number of amides is 1. The van der Waals surface area contributed by atoms with Gasteiger partial charge >= 0.3 is 0 Å². The van der Waals surface area contributed by atoms with Gasteiger partial charge in [-0.3, -0.25) is 4.79 Å². The highest BCUT2D eigenvalue weighted by atomic mass is 16.3. The van der Waals surface area contributed by atoms with E-state index in [0.717, 1.165) is 13.0 Å². The van der Waals surface area contributed by atoms with Crippen LogP contribution in [0.5, 0.6) is 0 Å². The third-order valence-corrected chi connectivity index (χ3v) is 1.49. The van der Waals surface area contributed by atoms with Gasteiger partial charge in [-0.1, -0.05) is 0 Å². The number of hydrogen-bond acceptors (Lipinski definition) is 3. The maximum absolute atomic E-state index is 11.0. The van der Waals surface area contributed by atoms with Crippen LogP contribution in [0.3, 0.4) is 0 Å². The molecule has 0 bridgehead atoms. The lowest BCUT2D eigenvalue weighted by Crippen LogP contribution is -2.25. The first-order valence-corrected chi connectivity index (χ1v) is 4.33. The molecule has 0 atom stereocenters. The summed E-state index contributed by atoms with van der Waals surface area (Å²) >= 11 is 0. The van der Waals surface area contributed by atoms with E-state index in [2.05, 4.69) is 10.6 Å². The molecule has 12 heavy (non-hydrogen) atoms. The molecule has 4 nitrogen and oxygen atoms in total. The van der Waals surface area contributed by atoms with Crippen LogP contribution in [0.15, 0.2) is 0 Å². The lowest BCUT2D eigenvalue weighted by atomic mass is 10.3. The molecule has 0 saturated heterocycles. The number of aliphatic hydroxyl groups is 1. The van der Waals surface area contributed by atoms with Crippen LogP contribution in [0, 0.1) is 0 Å². The zero-order valence-electron chi connectivity index (χ0n) is 7.60. The fourth-order valence-electron chi connectivity index (χ4n) is 0.821. The topological polar surface area (TPSA) is 61.4 Å².